The second-order valence-electron chi connectivity index (χ2n) is 4.82. The third-order valence-corrected chi connectivity index (χ3v) is 3.09. The maximum atomic E-state index is 12.4. The first-order valence-electron chi connectivity index (χ1n) is 7.04. The van der Waals surface area contributed by atoms with E-state index in [0.29, 0.717) is 17.8 Å². The Bertz CT molecular complexity index is 625. The number of carbonyl (C=O) groups excluding carboxylic acids is 3. The van der Waals surface area contributed by atoms with E-state index in [-0.39, 0.29) is 0 Å². The van der Waals surface area contributed by atoms with Crippen molar-refractivity contribution in [3.8, 4) is 11.5 Å². The highest BCUT2D eigenvalue weighted by Crippen LogP contribution is 2.18. The van der Waals surface area contributed by atoms with Crippen LogP contribution >= 0.6 is 0 Å². The van der Waals surface area contributed by atoms with E-state index in [4.69, 9.17) is 9.47 Å². The maximum absolute atomic E-state index is 12.4. The molecule has 1 unspecified atom stereocenters. The van der Waals surface area contributed by atoms with Gasteiger partial charge in [-0.15, -0.1) is 0 Å². The summed E-state index contributed by atoms with van der Waals surface area (Å²) in [6.07, 6.45) is -1.08. The van der Waals surface area contributed by atoms with Gasteiger partial charge in [-0.25, -0.2) is 0 Å². The Balaban J connectivity index is 2.25. The molecule has 0 aliphatic rings. The van der Waals surface area contributed by atoms with E-state index in [1.54, 1.807) is 60.7 Å². The summed E-state index contributed by atoms with van der Waals surface area (Å²) >= 11 is 0. The number of para-hydroxylation sites is 2. The van der Waals surface area contributed by atoms with Crippen LogP contribution in [0, 0.1) is 5.92 Å². The van der Waals surface area contributed by atoms with Gasteiger partial charge in [0.1, 0.15) is 29.5 Å². The van der Waals surface area contributed by atoms with Crippen LogP contribution < -0.4 is 9.47 Å². The number of benzene rings is 2. The fourth-order valence-electron chi connectivity index (χ4n) is 1.90. The molecule has 0 saturated carbocycles. The molecule has 5 nitrogen and oxygen atoms in total. The molecule has 5 heteroatoms. The maximum Gasteiger partial charge on any atom is 0.301 e. The van der Waals surface area contributed by atoms with Crippen molar-refractivity contribution in [2.75, 3.05) is 0 Å². The molecule has 0 amide bonds. The molecule has 0 bridgehead atoms. The van der Waals surface area contributed by atoms with Gasteiger partial charge >= 0.3 is 6.29 Å². The monoisotopic (exact) mass is 312 g/mol. The molecule has 23 heavy (non-hydrogen) atoms. The molecule has 0 fully saturated rings. The summed E-state index contributed by atoms with van der Waals surface area (Å²) in [6.45, 7) is 1.18. The van der Waals surface area contributed by atoms with Crippen LogP contribution in [-0.2, 0) is 14.4 Å². The van der Waals surface area contributed by atoms with E-state index >= 15 is 0 Å². The Morgan fingerprint density at radius 1 is 0.870 bits per heavy atom. The van der Waals surface area contributed by atoms with Gasteiger partial charge in [0.15, 0.2) is 0 Å². The zero-order chi connectivity index (χ0) is 16.7. The smallest absolute Gasteiger partial charge is 0.301 e. The van der Waals surface area contributed by atoms with Crippen LogP contribution in [-0.4, -0.2) is 24.1 Å². The number of hydrogen-bond donors (Lipinski definition) is 0. The van der Waals surface area contributed by atoms with Gasteiger partial charge in [-0.05, 0) is 31.2 Å². The summed E-state index contributed by atoms with van der Waals surface area (Å²) in [6, 6.07) is 17.1. The molecule has 2 aromatic carbocycles. The number of hydrogen-bond acceptors (Lipinski definition) is 5. The minimum absolute atomic E-state index is 0.306. The van der Waals surface area contributed by atoms with E-state index in [0.717, 1.165) is 0 Å². The summed E-state index contributed by atoms with van der Waals surface area (Å²) in [5.41, 5.74) is 0. The predicted octanol–water partition coefficient (Wildman–Crippen LogP) is 2.44. The highest BCUT2D eigenvalue weighted by Gasteiger charge is 2.33. The lowest BCUT2D eigenvalue weighted by Crippen LogP contribution is -2.40. The summed E-state index contributed by atoms with van der Waals surface area (Å²) in [7, 11) is 0. The third-order valence-electron chi connectivity index (χ3n) is 3.09. The largest absolute Gasteiger partial charge is 0.448 e. The van der Waals surface area contributed by atoms with Crippen LogP contribution in [0.3, 0.4) is 0 Å². The van der Waals surface area contributed by atoms with E-state index in [2.05, 4.69) is 0 Å². The molecule has 0 saturated heterocycles. The first-order chi connectivity index (χ1) is 11.1. The lowest BCUT2D eigenvalue weighted by Gasteiger charge is -2.21. The summed E-state index contributed by atoms with van der Waals surface area (Å²) in [4.78, 5) is 34.9. The van der Waals surface area contributed by atoms with Crippen molar-refractivity contribution in [2.45, 2.75) is 13.2 Å². The summed E-state index contributed by atoms with van der Waals surface area (Å²) in [5.74, 6) is -1.90. The van der Waals surface area contributed by atoms with E-state index in [1.807, 2.05) is 0 Å². The quantitative estimate of drug-likeness (QED) is 0.425. The zero-order valence-electron chi connectivity index (χ0n) is 12.5. The fraction of sp³-hybridized carbons (Fsp3) is 0.167. The van der Waals surface area contributed by atoms with Crippen molar-refractivity contribution in [3.63, 3.8) is 0 Å². The molecule has 118 valence electrons. The molecule has 0 N–H and O–H groups in total. The van der Waals surface area contributed by atoms with Gasteiger partial charge in [-0.3, -0.25) is 9.59 Å². The number of aldehydes is 1. The molecule has 0 spiro atoms. The standard InChI is InChI=1S/C18H16O5/c1-13(20)16(12-19)17(21)18(22-14-8-4-2-5-9-14)23-15-10-6-3-7-11-15/h2-12,16,18H,1H3. The fourth-order valence-corrected chi connectivity index (χ4v) is 1.90. The number of ketones is 2. The first kappa shape index (κ1) is 16.4. The average molecular weight is 312 g/mol. The van der Waals surface area contributed by atoms with Crippen LogP contribution in [0.15, 0.2) is 60.7 Å². The Kier molecular flexibility index (Phi) is 5.63. The predicted molar refractivity (Wildman–Crippen MR) is 83.2 cm³/mol. The van der Waals surface area contributed by atoms with Crippen molar-refractivity contribution in [3.05, 3.63) is 60.7 Å². The van der Waals surface area contributed by atoms with Crippen LogP contribution in [0.5, 0.6) is 11.5 Å². The second-order valence-corrected chi connectivity index (χ2v) is 4.82. The van der Waals surface area contributed by atoms with E-state index in [9.17, 15) is 14.4 Å². The van der Waals surface area contributed by atoms with Crippen LogP contribution in [0.1, 0.15) is 6.92 Å². The Morgan fingerprint density at radius 2 is 1.30 bits per heavy atom. The molecule has 0 radical (unpaired) electrons. The molecule has 0 aliphatic carbocycles. The zero-order valence-corrected chi connectivity index (χ0v) is 12.5. The van der Waals surface area contributed by atoms with Crippen molar-refractivity contribution < 1.29 is 23.9 Å². The first-order valence-corrected chi connectivity index (χ1v) is 7.04. The van der Waals surface area contributed by atoms with Crippen molar-refractivity contribution in [1.29, 1.82) is 0 Å². The Labute approximate surface area is 133 Å². The van der Waals surface area contributed by atoms with Gasteiger partial charge in [-0.2, -0.15) is 0 Å². The van der Waals surface area contributed by atoms with Crippen molar-refractivity contribution >= 4 is 17.9 Å². The lowest BCUT2D eigenvalue weighted by molar-refractivity contribution is -0.147. The van der Waals surface area contributed by atoms with Crippen LogP contribution in [0.2, 0.25) is 0 Å². The molecular formula is C18H16O5. The normalized spacial score (nSPS) is 11.6. The highest BCUT2D eigenvalue weighted by molar-refractivity contribution is 6.13. The molecule has 2 aromatic rings. The number of ether oxygens (including phenoxy) is 2. The Hall–Kier alpha value is -2.95. The van der Waals surface area contributed by atoms with Gasteiger partial charge in [-0.1, -0.05) is 36.4 Å². The Morgan fingerprint density at radius 3 is 1.65 bits per heavy atom. The van der Waals surface area contributed by atoms with Crippen LogP contribution in [0.25, 0.3) is 0 Å². The summed E-state index contributed by atoms with van der Waals surface area (Å²) in [5, 5.41) is 0. The topological polar surface area (TPSA) is 69.7 Å². The second kappa shape index (κ2) is 7.89. The third kappa shape index (κ3) is 4.51. The lowest BCUT2D eigenvalue weighted by atomic mass is 10.0. The molecule has 1 atom stereocenters. The number of carbonyl (C=O) groups is 3. The van der Waals surface area contributed by atoms with Crippen molar-refractivity contribution in [2.24, 2.45) is 5.92 Å². The van der Waals surface area contributed by atoms with Gasteiger partial charge in [0.25, 0.3) is 0 Å². The minimum atomic E-state index is -1.41. The molecule has 0 heterocycles. The molecule has 0 aliphatic heterocycles. The van der Waals surface area contributed by atoms with Gasteiger partial charge in [0.2, 0.25) is 5.78 Å². The summed E-state index contributed by atoms with van der Waals surface area (Å²) < 4.78 is 11.1. The number of rotatable bonds is 8. The van der Waals surface area contributed by atoms with E-state index in [1.165, 1.54) is 6.92 Å². The highest BCUT2D eigenvalue weighted by atomic mass is 16.7. The molecular weight excluding hydrogens is 296 g/mol. The van der Waals surface area contributed by atoms with E-state index < -0.39 is 23.8 Å². The molecule has 0 aromatic heterocycles. The van der Waals surface area contributed by atoms with Crippen molar-refractivity contribution in [1.82, 2.24) is 0 Å². The SMILES string of the molecule is CC(=O)C(C=O)C(=O)C(Oc1ccccc1)Oc1ccccc1. The van der Waals surface area contributed by atoms with Crippen LogP contribution in [0.4, 0.5) is 0 Å². The van der Waals surface area contributed by atoms with Gasteiger partial charge in [0, 0.05) is 0 Å². The van der Waals surface area contributed by atoms with Gasteiger partial charge in [0.05, 0.1) is 0 Å². The minimum Gasteiger partial charge on any atom is -0.448 e. The number of Topliss-reactive ketones (excluding diaryl/α,β-unsaturated/α-hetero) is 2. The van der Waals surface area contributed by atoms with Gasteiger partial charge < -0.3 is 14.3 Å². The average Bonchev–Trinajstić information content (AvgIpc) is 2.56. The molecule has 2 rings (SSSR count).